The van der Waals surface area contributed by atoms with Gasteiger partial charge in [0, 0.05) is 36.3 Å². The fourth-order valence-corrected chi connectivity index (χ4v) is 5.84. The van der Waals surface area contributed by atoms with Gasteiger partial charge >= 0.3 is 11.9 Å². The lowest BCUT2D eigenvalue weighted by Crippen LogP contribution is -2.59. The molecule has 1 aromatic rings. The monoisotopic (exact) mass is 555 g/mol. The standard InChI is InChI=1S/C27H37N7O6/c1-15-13-21(32-34-29)25(37-16(2)35)26(38-17(3)36)24(15)40-27-20(31-33-28)11-12-22(39-27)23(19-9-10-19)30-14-18-7-5-4-6-8-18/h4-8,15,19-27,30H,9-14H2,1-3H3/t15-,20?,21?,22?,23-,24?,25-,26-,27+/m0/s1. The number of hydrogen-bond acceptors (Lipinski definition) is 9. The molecule has 13 heteroatoms. The molecule has 0 spiro atoms. The van der Waals surface area contributed by atoms with E-state index in [1.165, 1.54) is 19.4 Å². The Hall–Kier alpha value is -3.34. The number of carbonyl (C=O) groups is 2. The van der Waals surface area contributed by atoms with Crippen LogP contribution in [0.25, 0.3) is 20.9 Å². The molecule has 1 N–H and O–H groups in total. The third-order valence-corrected chi connectivity index (χ3v) is 7.78. The summed E-state index contributed by atoms with van der Waals surface area (Å²) in [5.74, 6) is -0.993. The van der Waals surface area contributed by atoms with E-state index in [2.05, 4.69) is 37.5 Å². The van der Waals surface area contributed by atoms with E-state index < -0.39 is 48.6 Å². The van der Waals surface area contributed by atoms with Gasteiger partial charge in [0.1, 0.15) is 12.2 Å². The third-order valence-electron chi connectivity index (χ3n) is 7.78. The van der Waals surface area contributed by atoms with E-state index in [9.17, 15) is 15.1 Å². The lowest BCUT2D eigenvalue weighted by Gasteiger charge is -2.46. The van der Waals surface area contributed by atoms with E-state index >= 15 is 0 Å². The van der Waals surface area contributed by atoms with Crippen LogP contribution < -0.4 is 5.32 Å². The van der Waals surface area contributed by atoms with Crippen molar-refractivity contribution in [3.63, 3.8) is 0 Å². The number of ether oxygens (including phenoxy) is 4. The Labute approximate surface area is 233 Å². The van der Waals surface area contributed by atoms with Crippen molar-refractivity contribution in [2.45, 2.75) is 108 Å². The zero-order valence-corrected chi connectivity index (χ0v) is 23.0. The summed E-state index contributed by atoms with van der Waals surface area (Å²) in [4.78, 5) is 29.9. The number of hydrogen-bond donors (Lipinski definition) is 1. The Morgan fingerprint density at radius 3 is 2.25 bits per heavy atom. The second kappa shape index (κ2) is 13.8. The van der Waals surface area contributed by atoms with Crippen molar-refractivity contribution in [1.82, 2.24) is 5.32 Å². The van der Waals surface area contributed by atoms with Gasteiger partial charge in [-0.15, -0.1) is 0 Å². The topological polar surface area (TPSA) is 181 Å². The molecule has 1 saturated heterocycles. The van der Waals surface area contributed by atoms with Crippen LogP contribution in [0.1, 0.15) is 58.4 Å². The number of rotatable bonds is 11. The Bertz CT molecular complexity index is 1120. The molecule has 4 rings (SSSR count). The molecular weight excluding hydrogens is 518 g/mol. The van der Waals surface area contributed by atoms with Crippen LogP contribution in [0.3, 0.4) is 0 Å². The first-order chi connectivity index (χ1) is 19.3. The number of azide groups is 2. The van der Waals surface area contributed by atoms with Gasteiger partial charge in [0.25, 0.3) is 0 Å². The molecule has 9 atom stereocenters. The van der Waals surface area contributed by atoms with Crippen LogP contribution in [0, 0.1) is 11.8 Å². The van der Waals surface area contributed by atoms with E-state index in [-0.39, 0.29) is 18.1 Å². The summed E-state index contributed by atoms with van der Waals surface area (Å²) in [6.45, 7) is 5.06. The summed E-state index contributed by atoms with van der Waals surface area (Å²) in [5, 5.41) is 11.4. The van der Waals surface area contributed by atoms with Crippen LogP contribution in [0.2, 0.25) is 0 Å². The maximum atomic E-state index is 12.1. The summed E-state index contributed by atoms with van der Waals surface area (Å²) < 4.78 is 24.1. The van der Waals surface area contributed by atoms with Crippen LogP contribution in [0.5, 0.6) is 0 Å². The molecule has 0 radical (unpaired) electrons. The zero-order chi connectivity index (χ0) is 28.6. The van der Waals surface area contributed by atoms with E-state index in [4.69, 9.17) is 24.5 Å². The molecule has 4 unspecified atom stereocenters. The highest BCUT2D eigenvalue weighted by atomic mass is 16.7. The summed E-state index contributed by atoms with van der Waals surface area (Å²) >= 11 is 0. The lowest BCUT2D eigenvalue weighted by atomic mass is 9.80. The second-order valence-corrected chi connectivity index (χ2v) is 10.9. The molecule has 1 aromatic carbocycles. The van der Waals surface area contributed by atoms with E-state index in [1.54, 1.807) is 0 Å². The molecule has 40 heavy (non-hydrogen) atoms. The van der Waals surface area contributed by atoms with E-state index in [0.29, 0.717) is 31.7 Å². The fraction of sp³-hybridized carbons (Fsp3) is 0.704. The zero-order valence-electron chi connectivity index (χ0n) is 23.0. The Balaban J connectivity index is 1.55. The summed E-state index contributed by atoms with van der Waals surface area (Å²) in [5.41, 5.74) is 19.5. The molecule has 0 amide bonds. The number of esters is 2. The molecule has 3 aliphatic rings. The second-order valence-electron chi connectivity index (χ2n) is 10.9. The van der Waals surface area contributed by atoms with Gasteiger partial charge in [0.2, 0.25) is 0 Å². The lowest BCUT2D eigenvalue weighted by molar-refractivity contribution is -0.268. The molecule has 1 heterocycles. The van der Waals surface area contributed by atoms with Crippen LogP contribution in [0.15, 0.2) is 40.6 Å². The maximum absolute atomic E-state index is 12.1. The highest BCUT2D eigenvalue weighted by Gasteiger charge is 2.50. The van der Waals surface area contributed by atoms with Crippen molar-refractivity contribution in [2.75, 3.05) is 0 Å². The Kier molecular flexibility index (Phi) is 10.2. The average Bonchev–Trinajstić information content (AvgIpc) is 3.75. The molecule has 1 aliphatic heterocycles. The molecule has 0 bridgehead atoms. The molecular formula is C27H37N7O6. The van der Waals surface area contributed by atoms with Gasteiger partial charge in [-0.2, -0.15) is 0 Å². The van der Waals surface area contributed by atoms with Crippen LogP contribution in [-0.2, 0) is 35.1 Å². The minimum absolute atomic E-state index is 0.0921. The van der Waals surface area contributed by atoms with Gasteiger partial charge in [-0.3, -0.25) is 9.59 Å². The van der Waals surface area contributed by atoms with Crippen LogP contribution in [-0.4, -0.2) is 60.8 Å². The molecule has 0 aromatic heterocycles. The molecule has 3 fully saturated rings. The van der Waals surface area contributed by atoms with Crippen LogP contribution >= 0.6 is 0 Å². The van der Waals surface area contributed by atoms with Gasteiger partial charge in [-0.1, -0.05) is 47.5 Å². The van der Waals surface area contributed by atoms with Gasteiger partial charge in [-0.25, -0.2) is 0 Å². The fourth-order valence-electron chi connectivity index (χ4n) is 5.84. The first-order valence-corrected chi connectivity index (χ1v) is 13.8. The largest absolute Gasteiger partial charge is 0.458 e. The van der Waals surface area contributed by atoms with Crippen molar-refractivity contribution >= 4 is 11.9 Å². The SMILES string of the molecule is CC(=O)O[C@H]1C(N=[N+]=[N-])C[C@H](C)C(O[C@H]2OC([C@@H](NCc3ccccc3)C3CC3)CCC2N=[N+]=[N-])[C@@H]1OC(C)=O. The molecule has 2 aliphatic carbocycles. The first-order valence-electron chi connectivity index (χ1n) is 13.8. The highest BCUT2D eigenvalue weighted by Crippen LogP contribution is 2.40. The summed E-state index contributed by atoms with van der Waals surface area (Å²) in [7, 11) is 0. The Morgan fingerprint density at radius 1 is 0.975 bits per heavy atom. The smallest absolute Gasteiger partial charge is 0.303 e. The number of carbonyl (C=O) groups excluding carboxylic acids is 2. The predicted octanol–water partition coefficient (Wildman–Crippen LogP) is 4.71. The highest BCUT2D eigenvalue weighted by molar-refractivity contribution is 5.67. The molecule has 2 saturated carbocycles. The van der Waals surface area contributed by atoms with Crippen molar-refractivity contribution in [2.24, 2.45) is 22.1 Å². The number of nitrogens with one attached hydrogen (secondary N) is 1. The summed E-state index contributed by atoms with van der Waals surface area (Å²) in [6, 6.07) is 8.90. The average molecular weight is 556 g/mol. The third kappa shape index (κ3) is 7.65. The van der Waals surface area contributed by atoms with Gasteiger partial charge < -0.3 is 24.3 Å². The Morgan fingerprint density at radius 2 is 1.62 bits per heavy atom. The molecule has 13 nitrogen and oxygen atoms in total. The first kappa shape index (κ1) is 29.6. The van der Waals surface area contributed by atoms with E-state index in [1.807, 2.05) is 25.1 Å². The van der Waals surface area contributed by atoms with Crippen molar-refractivity contribution < 1.29 is 28.5 Å². The van der Waals surface area contributed by atoms with Crippen molar-refractivity contribution in [1.29, 1.82) is 0 Å². The summed E-state index contributed by atoms with van der Waals surface area (Å²) in [6.07, 6.45) is -0.154. The normalized spacial score (nSPS) is 32.6. The minimum Gasteiger partial charge on any atom is -0.458 e. The van der Waals surface area contributed by atoms with Crippen LogP contribution in [0.4, 0.5) is 0 Å². The van der Waals surface area contributed by atoms with Crippen molar-refractivity contribution in [3.05, 3.63) is 56.8 Å². The van der Waals surface area contributed by atoms with Gasteiger partial charge in [-0.05, 0) is 60.6 Å². The maximum Gasteiger partial charge on any atom is 0.303 e. The molecule has 216 valence electrons. The van der Waals surface area contributed by atoms with Gasteiger partial charge in [0.05, 0.1) is 18.2 Å². The van der Waals surface area contributed by atoms with Crippen molar-refractivity contribution in [3.8, 4) is 0 Å². The number of benzene rings is 1. The van der Waals surface area contributed by atoms with Gasteiger partial charge in [0.15, 0.2) is 12.4 Å². The van der Waals surface area contributed by atoms with E-state index in [0.717, 1.165) is 12.8 Å². The predicted molar refractivity (Wildman–Crippen MR) is 143 cm³/mol. The number of nitrogens with zero attached hydrogens (tertiary/aromatic N) is 6. The quantitative estimate of drug-likeness (QED) is 0.178. The minimum atomic E-state index is -1.05.